The first-order valence-corrected chi connectivity index (χ1v) is 11.6. The second-order valence-corrected chi connectivity index (χ2v) is 9.44. The molecule has 1 aliphatic rings. The number of ether oxygens (including phenoxy) is 2. The van der Waals surface area contributed by atoms with E-state index >= 15 is 0 Å². The number of benzene rings is 2. The molecule has 1 saturated heterocycles. The fraction of sp³-hybridized carbons (Fsp3) is 0.409. The van der Waals surface area contributed by atoms with E-state index in [1.807, 2.05) is 37.3 Å². The SMILES string of the molecule is CCCOc1cccc(C(=O)N(Cc2ccc(OC)cc2)[C@@H]2CCS(=O)(=O)C2)c1. The third kappa shape index (κ3) is 5.50. The molecular formula is C22H27NO5S. The smallest absolute Gasteiger partial charge is 0.254 e. The lowest BCUT2D eigenvalue weighted by Gasteiger charge is -2.29. The minimum atomic E-state index is -3.12. The quantitative estimate of drug-likeness (QED) is 0.659. The van der Waals surface area contributed by atoms with Crippen LogP contribution < -0.4 is 9.47 Å². The van der Waals surface area contributed by atoms with Crippen molar-refractivity contribution in [1.82, 2.24) is 4.90 Å². The van der Waals surface area contributed by atoms with Crippen LogP contribution in [-0.4, -0.2) is 50.5 Å². The van der Waals surface area contributed by atoms with E-state index < -0.39 is 9.84 Å². The van der Waals surface area contributed by atoms with Crippen molar-refractivity contribution in [3.05, 3.63) is 59.7 Å². The second kappa shape index (κ2) is 9.31. The van der Waals surface area contributed by atoms with Crippen LogP contribution in [0, 0.1) is 0 Å². The van der Waals surface area contributed by atoms with E-state index in [4.69, 9.17) is 9.47 Å². The number of carbonyl (C=O) groups excluding carboxylic acids is 1. The monoisotopic (exact) mass is 417 g/mol. The third-order valence-corrected chi connectivity index (χ3v) is 6.73. The number of rotatable bonds is 8. The molecule has 0 aromatic heterocycles. The van der Waals surface area contributed by atoms with E-state index in [1.54, 1.807) is 30.2 Å². The summed E-state index contributed by atoms with van der Waals surface area (Å²) in [6, 6.07) is 14.2. The van der Waals surface area contributed by atoms with Crippen LogP contribution in [0.25, 0.3) is 0 Å². The molecule has 1 aliphatic heterocycles. The standard InChI is InChI=1S/C22H27NO5S/c1-3-12-28-21-6-4-5-18(14-21)22(24)23(19-11-13-29(25,26)16-19)15-17-7-9-20(27-2)10-8-17/h4-10,14,19H,3,11-13,15-16H2,1-2H3/t19-/m1/s1. The summed E-state index contributed by atoms with van der Waals surface area (Å²) in [4.78, 5) is 15.0. The molecule has 1 amide bonds. The Morgan fingerprint density at radius 1 is 1.14 bits per heavy atom. The fourth-order valence-corrected chi connectivity index (χ4v) is 5.15. The summed E-state index contributed by atoms with van der Waals surface area (Å²) in [5.41, 5.74) is 1.42. The van der Waals surface area contributed by atoms with Crippen molar-refractivity contribution in [2.24, 2.45) is 0 Å². The summed E-state index contributed by atoms with van der Waals surface area (Å²) in [5.74, 6) is 1.30. The lowest BCUT2D eigenvalue weighted by molar-refractivity contribution is 0.0680. The molecule has 0 unspecified atom stereocenters. The van der Waals surface area contributed by atoms with Gasteiger partial charge in [-0.05, 0) is 48.7 Å². The van der Waals surface area contributed by atoms with Gasteiger partial charge in [-0.25, -0.2) is 8.42 Å². The molecule has 7 heteroatoms. The summed E-state index contributed by atoms with van der Waals surface area (Å²) in [5, 5.41) is 0. The van der Waals surface area contributed by atoms with Crippen LogP contribution in [0.2, 0.25) is 0 Å². The fourth-order valence-electron chi connectivity index (χ4n) is 3.42. The van der Waals surface area contributed by atoms with Crippen LogP contribution in [0.4, 0.5) is 0 Å². The van der Waals surface area contributed by atoms with Gasteiger partial charge in [-0.15, -0.1) is 0 Å². The van der Waals surface area contributed by atoms with E-state index in [0.717, 1.165) is 17.7 Å². The minimum absolute atomic E-state index is 0.000913. The molecule has 0 aliphatic carbocycles. The Morgan fingerprint density at radius 3 is 2.52 bits per heavy atom. The zero-order chi connectivity index (χ0) is 20.9. The van der Waals surface area contributed by atoms with Gasteiger partial charge < -0.3 is 14.4 Å². The van der Waals surface area contributed by atoms with Gasteiger partial charge in [0, 0.05) is 18.2 Å². The molecule has 0 saturated carbocycles. The molecule has 2 aromatic rings. The predicted octanol–water partition coefficient (Wildman–Crippen LogP) is 3.31. The highest BCUT2D eigenvalue weighted by atomic mass is 32.2. The van der Waals surface area contributed by atoms with Crippen molar-refractivity contribution < 1.29 is 22.7 Å². The maximum absolute atomic E-state index is 13.3. The molecule has 156 valence electrons. The van der Waals surface area contributed by atoms with Crippen molar-refractivity contribution in [3.63, 3.8) is 0 Å². The number of sulfone groups is 1. The minimum Gasteiger partial charge on any atom is -0.497 e. The first-order chi connectivity index (χ1) is 13.9. The average molecular weight is 418 g/mol. The topological polar surface area (TPSA) is 72.9 Å². The van der Waals surface area contributed by atoms with E-state index in [-0.39, 0.29) is 23.5 Å². The normalized spacial score (nSPS) is 17.7. The van der Waals surface area contributed by atoms with Gasteiger partial charge in [0.15, 0.2) is 9.84 Å². The van der Waals surface area contributed by atoms with Crippen LogP contribution in [0.5, 0.6) is 11.5 Å². The van der Waals surface area contributed by atoms with Gasteiger partial charge in [-0.3, -0.25) is 4.79 Å². The first kappa shape index (κ1) is 21.2. The first-order valence-electron chi connectivity index (χ1n) is 9.79. The Labute approximate surface area is 172 Å². The number of nitrogens with zero attached hydrogens (tertiary/aromatic N) is 1. The van der Waals surface area contributed by atoms with Crippen molar-refractivity contribution in [2.75, 3.05) is 25.2 Å². The van der Waals surface area contributed by atoms with Gasteiger partial charge in [-0.1, -0.05) is 25.1 Å². The number of hydrogen-bond donors (Lipinski definition) is 0. The molecule has 1 heterocycles. The molecular weight excluding hydrogens is 390 g/mol. The van der Waals surface area contributed by atoms with Crippen LogP contribution in [0.1, 0.15) is 35.7 Å². The molecule has 0 bridgehead atoms. The summed E-state index contributed by atoms with van der Waals surface area (Å²) in [6.45, 7) is 2.93. The number of amides is 1. The van der Waals surface area contributed by atoms with Gasteiger partial charge in [0.1, 0.15) is 11.5 Å². The van der Waals surface area contributed by atoms with E-state index in [2.05, 4.69) is 0 Å². The summed E-state index contributed by atoms with van der Waals surface area (Å²) in [6.07, 6.45) is 1.33. The van der Waals surface area contributed by atoms with E-state index in [9.17, 15) is 13.2 Å². The molecule has 0 radical (unpaired) electrons. The highest BCUT2D eigenvalue weighted by molar-refractivity contribution is 7.91. The highest BCUT2D eigenvalue weighted by Crippen LogP contribution is 2.24. The van der Waals surface area contributed by atoms with Crippen molar-refractivity contribution in [1.29, 1.82) is 0 Å². The predicted molar refractivity (Wildman–Crippen MR) is 112 cm³/mol. The van der Waals surface area contributed by atoms with Crippen molar-refractivity contribution in [3.8, 4) is 11.5 Å². The maximum atomic E-state index is 13.3. The van der Waals surface area contributed by atoms with Crippen LogP contribution in [-0.2, 0) is 16.4 Å². The zero-order valence-corrected chi connectivity index (χ0v) is 17.7. The van der Waals surface area contributed by atoms with Crippen LogP contribution >= 0.6 is 0 Å². The molecule has 2 aromatic carbocycles. The molecule has 1 atom stereocenters. The highest BCUT2D eigenvalue weighted by Gasteiger charge is 2.35. The number of hydrogen-bond acceptors (Lipinski definition) is 5. The molecule has 0 N–H and O–H groups in total. The largest absolute Gasteiger partial charge is 0.497 e. The van der Waals surface area contributed by atoms with Gasteiger partial charge in [0.05, 0.1) is 25.2 Å². The van der Waals surface area contributed by atoms with Crippen LogP contribution in [0.15, 0.2) is 48.5 Å². The Kier molecular flexibility index (Phi) is 6.79. The molecule has 0 spiro atoms. The van der Waals surface area contributed by atoms with Gasteiger partial charge in [0.2, 0.25) is 0 Å². The number of methoxy groups -OCH3 is 1. The second-order valence-electron chi connectivity index (χ2n) is 7.21. The lowest BCUT2D eigenvalue weighted by Crippen LogP contribution is -2.40. The molecule has 3 rings (SSSR count). The zero-order valence-electron chi connectivity index (χ0n) is 16.8. The van der Waals surface area contributed by atoms with Crippen molar-refractivity contribution in [2.45, 2.75) is 32.4 Å². The maximum Gasteiger partial charge on any atom is 0.254 e. The van der Waals surface area contributed by atoms with E-state index in [1.165, 1.54) is 0 Å². The Morgan fingerprint density at radius 2 is 1.90 bits per heavy atom. The summed E-state index contributed by atoms with van der Waals surface area (Å²) in [7, 11) is -1.52. The van der Waals surface area contributed by atoms with Gasteiger partial charge in [-0.2, -0.15) is 0 Å². The Bertz CT molecular complexity index is 940. The van der Waals surface area contributed by atoms with E-state index in [0.29, 0.717) is 30.9 Å². The van der Waals surface area contributed by atoms with Crippen molar-refractivity contribution >= 4 is 15.7 Å². The Balaban J connectivity index is 1.86. The van der Waals surface area contributed by atoms with Crippen LogP contribution in [0.3, 0.4) is 0 Å². The molecule has 29 heavy (non-hydrogen) atoms. The summed E-state index contributed by atoms with van der Waals surface area (Å²) >= 11 is 0. The molecule has 1 fully saturated rings. The van der Waals surface area contributed by atoms with Gasteiger partial charge in [0.25, 0.3) is 5.91 Å². The Hall–Kier alpha value is -2.54. The number of carbonyl (C=O) groups is 1. The van der Waals surface area contributed by atoms with Gasteiger partial charge >= 0.3 is 0 Å². The average Bonchev–Trinajstić information content (AvgIpc) is 3.10. The lowest BCUT2D eigenvalue weighted by atomic mass is 10.1. The molecule has 6 nitrogen and oxygen atoms in total. The summed E-state index contributed by atoms with van der Waals surface area (Å²) < 4.78 is 34.9. The third-order valence-electron chi connectivity index (χ3n) is 4.98.